The lowest BCUT2D eigenvalue weighted by atomic mass is 9.69. The molecular weight excluding hydrogens is 276 g/mol. The maximum Gasteiger partial charge on any atom is 0.291 e. The van der Waals surface area contributed by atoms with Gasteiger partial charge >= 0.3 is 0 Å². The van der Waals surface area contributed by atoms with E-state index in [1.807, 2.05) is 12.1 Å². The third-order valence-corrected chi connectivity index (χ3v) is 4.70. The molecule has 0 saturated carbocycles. The van der Waals surface area contributed by atoms with Crippen LogP contribution in [0.1, 0.15) is 37.3 Å². The first-order valence-corrected chi connectivity index (χ1v) is 8.22. The van der Waals surface area contributed by atoms with E-state index >= 15 is 0 Å². The van der Waals surface area contributed by atoms with Crippen molar-refractivity contribution in [3.05, 3.63) is 71.8 Å². The van der Waals surface area contributed by atoms with Crippen LogP contribution in [0.25, 0.3) is 0 Å². The highest BCUT2D eigenvalue weighted by atomic mass is 28.2. The monoisotopic (exact) mass is 298 g/mol. The summed E-state index contributed by atoms with van der Waals surface area (Å²) in [6.45, 7) is 2.19. The predicted octanol–water partition coefficient (Wildman–Crippen LogP) is 2.99. The third-order valence-electron chi connectivity index (χ3n) is 4.24. The highest BCUT2D eigenvalue weighted by Gasteiger charge is 2.32. The van der Waals surface area contributed by atoms with Crippen molar-refractivity contribution in [2.45, 2.75) is 31.6 Å². The Kier molecular flexibility index (Phi) is 5.34. The van der Waals surface area contributed by atoms with Crippen molar-refractivity contribution in [2.75, 3.05) is 0 Å². The van der Waals surface area contributed by atoms with Crippen molar-refractivity contribution in [1.82, 2.24) is 0 Å². The van der Waals surface area contributed by atoms with Crippen LogP contribution in [0.2, 0.25) is 0 Å². The minimum absolute atomic E-state index is 0.0913. The molecule has 3 heteroatoms. The van der Waals surface area contributed by atoms with Crippen molar-refractivity contribution < 1.29 is 9.22 Å². The van der Waals surface area contributed by atoms with Crippen LogP contribution in [0.4, 0.5) is 0 Å². The molecule has 2 aromatic carbocycles. The van der Waals surface area contributed by atoms with E-state index in [0.717, 1.165) is 12.8 Å². The van der Waals surface area contributed by atoms with Gasteiger partial charge in [-0.25, -0.2) is 0 Å². The van der Waals surface area contributed by atoms with E-state index in [2.05, 4.69) is 55.5 Å². The summed E-state index contributed by atoms with van der Waals surface area (Å²) < 4.78 is 4.96. The summed E-state index contributed by atoms with van der Waals surface area (Å²) in [7, 11) is 0.466. The molecule has 0 heterocycles. The summed E-state index contributed by atoms with van der Waals surface area (Å²) in [5.41, 5.74) is 2.40. The molecule has 0 radical (unpaired) electrons. The van der Waals surface area contributed by atoms with Crippen molar-refractivity contribution >= 4 is 16.5 Å². The van der Waals surface area contributed by atoms with Gasteiger partial charge in [0.05, 0.1) is 0 Å². The number of carbonyl (C=O) groups is 1. The van der Waals surface area contributed by atoms with Gasteiger partial charge in [-0.15, -0.1) is 0 Å². The Hall–Kier alpha value is -1.87. The molecule has 0 spiro atoms. The van der Waals surface area contributed by atoms with E-state index in [0.29, 0.717) is 16.9 Å². The zero-order valence-corrected chi connectivity index (χ0v) is 14.7. The minimum atomic E-state index is -0.127. The minimum Gasteiger partial charge on any atom is -0.529 e. The van der Waals surface area contributed by atoms with Crippen LogP contribution >= 0.6 is 0 Å². The number of rotatable bonds is 6. The summed E-state index contributed by atoms with van der Waals surface area (Å²) in [5, 5.41) is 0. The molecule has 0 aliphatic rings. The predicted molar refractivity (Wildman–Crippen MR) is 89.2 cm³/mol. The zero-order valence-electron chi connectivity index (χ0n) is 12.7. The van der Waals surface area contributed by atoms with Gasteiger partial charge in [-0.3, -0.25) is 4.79 Å². The molecule has 0 saturated heterocycles. The van der Waals surface area contributed by atoms with Crippen molar-refractivity contribution in [3.8, 4) is 0 Å². The van der Waals surface area contributed by atoms with Gasteiger partial charge in [0, 0.05) is 11.8 Å². The molecule has 2 rings (SSSR count). The first-order valence-electron chi connectivity index (χ1n) is 7.41. The molecule has 0 unspecified atom stereocenters. The highest BCUT2D eigenvalue weighted by molar-refractivity contribution is 6.05. The molecule has 0 aromatic heterocycles. The van der Waals surface area contributed by atoms with Gasteiger partial charge in [0.25, 0.3) is 5.97 Å². The van der Waals surface area contributed by atoms with Crippen LogP contribution in [0.5, 0.6) is 0 Å². The second kappa shape index (κ2) is 7.23. The van der Waals surface area contributed by atoms with Gasteiger partial charge < -0.3 is 4.43 Å². The number of benzene rings is 2. The molecule has 0 N–H and O–H groups in total. The molecule has 2 nitrogen and oxygen atoms in total. The molecule has 0 aliphatic carbocycles. The summed E-state index contributed by atoms with van der Waals surface area (Å²) >= 11 is 0. The average molecular weight is 298 g/mol. The van der Waals surface area contributed by atoms with Crippen molar-refractivity contribution in [2.24, 2.45) is 0 Å². The van der Waals surface area contributed by atoms with Crippen LogP contribution in [0.15, 0.2) is 60.7 Å². The Morgan fingerprint density at radius 2 is 1.48 bits per heavy atom. The van der Waals surface area contributed by atoms with E-state index in [9.17, 15) is 4.79 Å². The fourth-order valence-electron chi connectivity index (χ4n) is 2.97. The van der Waals surface area contributed by atoms with Gasteiger partial charge in [-0.05, 0) is 24.0 Å². The summed E-state index contributed by atoms with van der Waals surface area (Å²) in [6, 6.07) is 20.9. The Labute approximate surface area is 129 Å². The molecule has 2 aromatic rings. The largest absolute Gasteiger partial charge is 0.529 e. The molecule has 0 fully saturated rings. The Bertz CT molecular complexity index is 527. The van der Waals surface area contributed by atoms with Crippen molar-refractivity contribution in [1.29, 1.82) is 0 Å². The molecule has 21 heavy (non-hydrogen) atoms. The topological polar surface area (TPSA) is 26.3 Å². The Morgan fingerprint density at radius 1 is 1.00 bits per heavy atom. The molecule has 0 atom stereocenters. The summed E-state index contributed by atoms with van der Waals surface area (Å²) in [5.74, 6) is -0.0913. The third kappa shape index (κ3) is 3.42. The van der Waals surface area contributed by atoms with E-state index in [1.54, 1.807) is 0 Å². The Morgan fingerprint density at radius 3 is 1.86 bits per heavy atom. The molecule has 0 aliphatic heterocycles. The van der Waals surface area contributed by atoms with Crippen molar-refractivity contribution in [3.63, 3.8) is 0 Å². The highest BCUT2D eigenvalue weighted by Crippen LogP contribution is 2.39. The van der Waals surface area contributed by atoms with Gasteiger partial charge in [0.15, 0.2) is 0 Å². The standard InChI is InChI=1S/C18H22O2Si/c1-2-18(14-13-17(19)20-21,15-9-5-3-6-10-15)16-11-7-4-8-12-16/h3-12H,2,13-14H2,1,21H3. The second-order valence-corrected chi connectivity index (χ2v) is 5.65. The number of hydrogen-bond acceptors (Lipinski definition) is 2. The zero-order chi connectivity index (χ0) is 15.1. The van der Waals surface area contributed by atoms with Gasteiger partial charge in [-0.2, -0.15) is 0 Å². The van der Waals surface area contributed by atoms with Gasteiger partial charge in [0.1, 0.15) is 0 Å². The fourth-order valence-corrected chi connectivity index (χ4v) is 3.18. The second-order valence-electron chi connectivity index (χ2n) is 5.24. The maximum atomic E-state index is 11.6. The lowest BCUT2D eigenvalue weighted by molar-refractivity contribution is -0.134. The van der Waals surface area contributed by atoms with Gasteiger partial charge in [0.2, 0.25) is 10.5 Å². The number of carbonyl (C=O) groups excluding carboxylic acids is 1. The van der Waals surface area contributed by atoms with E-state index in [1.165, 1.54) is 11.1 Å². The van der Waals surface area contributed by atoms with Gasteiger partial charge in [-0.1, -0.05) is 67.6 Å². The fraction of sp³-hybridized carbons (Fsp3) is 0.278. The van der Waals surface area contributed by atoms with E-state index in [4.69, 9.17) is 4.43 Å². The first kappa shape index (κ1) is 15.5. The van der Waals surface area contributed by atoms with Crippen LogP contribution < -0.4 is 0 Å². The molecular formula is C18H22O2Si. The summed E-state index contributed by atoms with van der Waals surface area (Å²) in [6.07, 6.45) is 2.19. The first-order chi connectivity index (χ1) is 10.2. The van der Waals surface area contributed by atoms with Crippen LogP contribution in [0, 0.1) is 0 Å². The van der Waals surface area contributed by atoms with E-state index in [-0.39, 0.29) is 11.4 Å². The average Bonchev–Trinajstić information content (AvgIpc) is 2.57. The smallest absolute Gasteiger partial charge is 0.291 e. The maximum absolute atomic E-state index is 11.6. The Balaban J connectivity index is 2.44. The SMILES string of the molecule is CCC(CCC(=O)O[SiH3])(c1ccccc1)c1ccccc1. The molecule has 0 bridgehead atoms. The lowest BCUT2D eigenvalue weighted by Crippen LogP contribution is -2.28. The van der Waals surface area contributed by atoms with Crippen LogP contribution in [-0.2, 0) is 14.6 Å². The molecule has 0 amide bonds. The summed E-state index contributed by atoms with van der Waals surface area (Å²) in [4.78, 5) is 11.6. The number of hydrogen-bond donors (Lipinski definition) is 0. The van der Waals surface area contributed by atoms with E-state index < -0.39 is 0 Å². The normalized spacial score (nSPS) is 11.3. The van der Waals surface area contributed by atoms with Crippen LogP contribution in [-0.4, -0.2) is 16.5 Å². The quantitative estimate of drug-likeness (QED) is 0.766. The van der Waals surface area contributed by atoms with Crippen LogP contribution in [0.3, 0.4) is 0 Å². The molecule has 110 valence electrons. The lowest BCUT2D eigenvalue weighted by Gasteiger charge is -2.34.